The zero-order valence-corrected chi connectivity index (χ0v) is 7.66. The Morgan fingerprint density at radius 1 is 1.75 bits per heavy atom. The highest BCUT2D eigenvalue weighted by atomic mass is 31.1. The van der Waals surface area contributed by atoms with Crippen molar-refractivity contribution in [2.45, 2.75) is 19.4 Å². The van der Waals surface area contributed by atoms with Gasteiger partial charge in [0.15, 0.2) is 0 Å². The van der Waals surface area contributed by atoms with Crippen LogP contribution >= 0.6 is 8.69 Å². The third-order valence-electron chi connectivity index (χ3n) is 1.58. The lowest BCUT2D eigenvalue weighted by atomic mass is 10.0. The lowest BCUT2D eigenvalue weighted by Gasteiger charge is -2.15. The standard InChI is InChI=1S/C6H12NO4P/c1-4(6(8)9)5(2-3-7)11-12-10/h4-5H,2-3,7H2,1H3,(H,8,9). The first kappa shape index (κ1) is 11.5. The topological polar surface area (TPSA) is 89.6 Å². The molecule has 0 aliphatic heterocycles. The SMILES string of the molecule is CC(C(=O)O)C(CCN)OP=O. The van der Waals surface area contributed by atoms with Crippen LogP contribution < -0.4 is 5.73 Å². The predicted molar refractivity (Wildman–Crippen MR) is 43.0 cm³/mol. The second-order valence-electron chi connectivity index (χ2n) is 2.42. The van der Waals surface area contributed by atoms with Crippen molar-refractivity contribution in [3.8, 4) is 0 Å². The molecule has 2 unspecified atom stereocenters. The van der Waals surface area contributed by atoms with E-state index in [1.165, 1.54) is 6.92 Å². The largest absolute Gasteiger partial charge is 0.481 e. The smallest absolute Gasteiger partial charge is 0.327 e. The first-order chi connectivity index (χ1) is 5.63. The summed E-state index contributed by atoms with van der Waals surface area (Å²) < 4.78 is 14.7. The summed E-state index contributed by atoms with van der Waals surface area (Å²) in [6, 6.07) is 0. The first-order valence-corrected chi connectivity index (χ1v) is 4.27. The Kier molecular flexibility index (Phi) is 5.80. The monoisotopic (exact) mass is 193 g/mol. The minimum atomic E-state index is -0.975. The molecule has 6 heteroatoms. The quantitative estimate of drug-likeness (QED) is 0.604. The van der Waals surface area contributed by atoms with Crippen LogP contribution in [0.3, 0.4) is 0 Å². The van der Waals surface area contributed by atoms with E-state index in [-0.39, 0.29) is 0 Å². The van der Waals surface area contributed by atoms with E-state index < -0.39 is 26.7 Å². The van der Waals surface area contributed by atoms with Crippen LogP contribution in [0, 0.1) is 5.92 Å². The van der Waals surface area contributed by atoms with E-state index in [9.17, 15) is 9.36 Å². The fraction of sp³-hybridized carbons (Fsp3) is 0.833. The minimum absolute atomic E-state index is 0.317. The van der Waals surface area contributed by atoms with Gasteiger partial charge >= 0.3 is 14.7 Å². The van der Waals surface area contributed by atoms with Crippen LogP contribution in [0.15, 0.2) is 0 Å². The van der Waals surface area contributed by atoms with Crippen molar-refractivity contribution in [3.63, 3.8) is 0 Å². The van der Waals surface area contributed by atoms with E-state index >= 15 is 0 Å². The number of carbonyl (C=O) groups is 1. The molecule has 0 spiro atoms. The van der Waals surface area contributed by atoms with Crippen molar-refractivity contribution < 1.29 is 19.0 Å². The Labute approximate surface area is 72.2 Å². The Hall–Kier alpha value is -0.510. The van der Waals surface area contributed by atoms with E-state index in [0.29, 0.717) is 13.0 Å². The van der Waals surface area contributed by atoms with E-state index in [0.717, 1.165) is 0 Å². The van der Waals surface area contributed by atoms with Gasteiger partial charge in [-0.2, -0.15) is 0 Å². The van der Waals surface area contributed by atoms with Gasteiger partial charge in [0.05, 0.1) is 12.0 Å². The van der Waals surface area contributed by atoms with Gasteiger partial charge in [0.1, 0.15) is 0 Å². The molecule has 0 rings (SSSR count). The summed E-state index contributed by atoms with van der Waals surface area (Å²) in [5.74, 6) is -1.66. The summed E-state index contributed by atoms with van der Waals surface area (Å²) in [6.07, 6.45) is -0.186. The van der Waals surface area contributed by atoms with Gasteiger partial charge < -0.3 is 10.8 Å². The van der Waals surface area contributed by atoms with Gasteiger partial charge in [-0.05, 0) is 19.9 Å². The molecule has 0 fully saturated rings. The molecule has 0 saturated heterocycles. The zero-order valence-electron chi connectivity index (χ0n) is 6.77. The average Bonchev–Trinajstić information content (AvgIpc) is 2.03. The van der Waals surface area contributed by atoms with Crippen molar-refractivity contribution in [1.82, 2.24) is 0 Å². The summed E-state index contributed by atoms with van der Waals surface area (Å²) in [4.78, 5) is 10.5. The normalized spacial score (nSPS) is 15.8. The lowest BCUT2D eigenvalue weighted by Crippen LogP contribution is -2.28. The van der Waals surface area contributed by atoms with Gasteiger partial charge in [-0.25, -0.2) is 4.57 Å². The maximum absolute atomic E-state index is 10.5. The molecule has 0 saturated carbocycles. The molecule has 0 amide bonds. The van der Waals surface area contributed by atoms with Crippen molar-refractivity contribution in [2.24, 2.45) is 11.7 Å². The van der Waals surface area contributed by atoms with Crippen molar-refractivity contribution >= 4 is 14.7 Å². The van der Waals surface area contributed by atoms with E-state index in [1.54, 1.807) is 0 Å². The summed E-state index contributed by atoms with van der Waals surface area (Å²) in [7, 11) is -0.504. The summed E-state index contributed by atoms with van der Waals surface area (Å²) in [5, 5.41) is 8.58. The molecule has 0 aliphatic carbocycles. The number of carboxylic acid groups (broad SMARTS) is 1. The number of nitrogens with two attached hydrogens (primary N) is 1. The Morgan fingerprint density at radius 2 is 2.33 bits per heavy atom. The third-order valence-corrected chi connectivity index (χ3v) is 1.93. The minimum Gasteiger partial charge on any atom is -0.481 e. The summed E-state index contributed by atoms with van der Waals surface area (Å²) in [6.45, 7) is 1.81. The maximum atomic E-state index is 10.5. The van der Waals surface area contributed by atoms with Gasteiger partial charge in [0.2, 0.25) is 0 Å². The highest BCUT2D eigenvalue weighted by Gasteiger charge is 2.23. The maximum Gasteiger partial charge on any atom is 0.327 e. The van der Waals surface area contributed by atoms with Crippen LogP contribution in [0.25, 0.3) is 0 Å². The van der Waals surface area contributed by atoms with Crippen LogP contribution in [0.2, 0.25) is 0 Å². The zero-order chi connectivity index (χ0) is 9.56. The second-order valence-corrected chi connectivity index (χ2v) is 2.78. The van der Waals surface area contributed by atoms with Crippen molar-refractivity contribution in [3.05, 3.63) is 0 Å². The third kappa shape index (κ3) is 3.76. The Bertz CT molecular complexity index is 164. The van der Waals surface area contributed by atoms with Crippen LogP contribution in [-0.4, -0.2) is 23.7 Å². The first-order valence-electron chi connectivity index (χ1n) is 3.54. The molecule has 0 heterocycles. The molecule has 12 heavy (non-hydrogen) atoms. The number of hydrogen-bond donors (Lipinski definition) is 2. The van der Waals surface area contributed by atoms with E-state index in [4.69, 9.17) is 10.8 Å². The van der Waals surface area contributed by atoms with Crippen LogP contribution in [-0.2, 0) is 13.9 Å². The lowest BCUT2D eigenvalue weighted by molar-refractivity contribution is -0.144. The molecule has 0 radical (unpaired) electrons. The fourth-order valence-electron chi connectivity index (χ4n) is 0.773. The van der Waals surface area contributed by atoms with Crippen LogP contribution in [0.4, 0.5) is 0 Å². The molecule has 70 valence electrons. The molecule has 3 N–H and O–H groups in total. The molecule has 5 nitrogen and oxygen atoms in total. The summed E-state index contributed by atoms with van der Waals surface area (Å²) in [5.41, 5.74) is 5.22. The number of aliphatic carboxylic acids is 1. The Balaban J connectivity index is 4.07. The van der Waals surface area contributed by atoms with Gasteiger partial charge in [0.25, 0.3) is 0 Å². The fourth-order valence-corrected chi connectivity index (χ4v) is 1.17. The van der Waals surface area contributed by atoms with Crippen molar-refractivity contribution in [1.29, 1.82) is 0 Å². The number of rotatable bonds is 6. The number of carboxylic acids is 1. The van der Waals surface area contributed by atoms with Gasteiger partial charge in [-0.1, -0.05) is 0 Å². The van der Waals surface area contributed by atoms with Gasteiger partial charge in [-0.15, -0.1) is 0 Å². The molecule has 0 aromatic heterocycles. The van der Waals surface area contributed by atoms with Gasteiger partial charge in [0, 0.05) is 0 Å². The highest BCUT2D eigenvalue weighted by Crippen LogP contribution is 2.16. The molecule has 0 aliphatic rings. The van der Waals surface area contributed by atoms with E-state index in [1.807, 2.05) is 0 Å². The van der Waals surface area contributed by atoms with Crippen LogP contribution in [0.1, 0.15) is 13.3 Å². The highest BCUT2D eigenvalue weighted by molar-refractivity contribution is 7.17. The van der Waals surface area contributed by atoms with Gasteiger partial charge in [-0.3, -0.25) is 9.32 Å². The average molecular weight is 193 g/mol. The van der Waals surface area contributed by atoms with Crippen LogP contribution in [0.5, 0.6) is 0 Å². The molecule has 2 atom stereocenters. The van der Waals surface area contributed by atoms with Crippen molar-refractivity contribution in [2.75, 3.05) is 6.54 Å². The molecular weight excluding hydrogens is 181 g/mol. The molecular formula is C6H12NO4P. The van der Waals surface area contributed by atoms with E-state index in [2.05, 4.69) is 4.52 Å². The second kappa shape index (κ2) is 6.06. The molecule has 0 aromatic carbocycles. The Morgan fingerprint density at radius 3 is 2.67 bits per heavy atom. The molecule has 0 aromatic rings. The molecule has 0 bridgehead atoms. The number of hydrogen-bond acceptors (Lipinski definition) is 4. The predicted octanol–water partition coefficient (Wildman–Crippen LogP) is 0.648. The summed E-state index contributed by atoms with van der Waals surface area (Å²) >= 11 is 0.